The molecule has 0 radical (unpaired) electrons. The maximum Gasteiger partial charge on any atom is 0.298 e. The SMILES string of the molecule is CSc1ccc(OCc2csc(C3CCN(c4nc5ccccc5o4)CC3)n2)cc1. The molecular weight excluding hydrogens is 414 g/mol. The molecule has 0 amide bonds. The van der Waals surface area contributed by atoms with Gasteiger partial charge >= 0.3 is 0 Å². The second-order valence-electron chi connectivity index (χ2n) is 7.37. The van der Waals surface area contributed by atoms with Crippen LogP contribution in [-0.4, -0.2) is 29.3 Å². The average molecular weight is 438 g/mol. The van der Waals surface area contributed by atoms with E-state index in [1.807, 2.05) is 36.4 Å². The first kappa shape index (κ1) is 19.5. The van der Waals surface area contributed by atoms with Crippen LogP contribution < -0.4 is 9.64 Å². The average Bonchev–Trinajstić information content (AvgIpc) is 3.45. The van der Waals surface area contributed by atoms with Gasteiger partial charge in [-0.05, 0) is 55.5 Å². The molecule has 1 saturated heterocycles. The van der Waals surface area contributed by atoms with Crippen LogP contribution in [0, 0.1) is 0 Å². The summed E-state index contributed by atoms with van der Waals surface area (Å²) < 4.78 is 11.8. The smallest absolute Gasteiger partial charge is 0.298 e. The molecule has 0 spiro atoms. The molecule has 4 aromatic rings. The second-order valence-corrected chi connectivity index (χ2v) is 9.14. The Morgan fingerprint density at radius 2 is 1.90 bits per heavy atom. The fourth-order valence-electron chi connectivity index (χ4n) is 3.72. The van der Waals surface area contributed by atoms with E-state index in [4.69, 9.17) is 14.1 Å². The quantitative estimate of drug-likeness (QED) is 0.346. The minimum atomic E-state index is 0.491. The predicted molar refractivity (Wildman–Crippen MR) is 123 cm³/mol. The third-order valence-electron chi connectivity index (χ3n) is 5.41. The van der Waals surface area contributed by atoms with Crippen LogP contribution in [-0.2, 0) is 6.61 Å². The van der Waals surface area contributed by atoms with Crippen LogP contribution in [0.15, 0.2) is 63.2 Å². The zero-order valence-corrected chi connectivity index (χ0v) is 18.4. The lowest BCUT2D eigenvalue weighted by Gasteiger charge is -2.29. The van der Waals surface area contributed by atoms with Gasteiger partial charge in [0.05, 0.1) is 10.7 Å². The molecule has 30 heavy (non-hydrogen) atoms. The number of oxazole rings is 1. The summed E-state index contributed by atoms with van der Waals surface area (Å²) in [6.45, 7) is 2.38. The number of rotatable bonds is 6. The molecule has 0 unspecified atom stereocenters. The van der Waals surface area contributed by atoms with Crippen LogP contribution in [0.25, 0.3) is 11.1 Å². The molecule has 5 nitrogen and oxygen atoms in total. The molecule has 0 bridgehead atoms. The van der Waals surface area contributed by atoms with Crippen LogP contribution in [0.5, 0.6) is 5.75 Å². The molecule has 7 heteroatoms. The maximum absolute atomic E-state index is 5.93. The first-order valence-corrected chi connectivity index (χ1v) is 12.2. The van der Waals surface area contributed by atoms with Gasteiger partial charge in [-0.1, -0.05) is 12.1 Å². The van der Waals surface area contributed by atoms with Crippen LogP contribution in [0.1, 0.15) is 29.5 Å². The van der Waals surface area contributed by atoms with Gasteiger partial charge in [-0.15, -0.1) is 23.1 Å². The molecule has 5 rings (SSSR count). The third kappa shape index (κ3) is 4.18. The van der Waals surface area contributed by atoms with Gasteiger partial charge in [-0.2, -0.15) is 4.98 Å². The summed E-state index contributed by atoms with van der Waals surface area (Å²) in [7, 11) is 0. The van der Waals surface area contributed by atoms with E-state index in [0.29, 0.717) is 12.5 Å². The van der Waals surface area contributed by atoms with Crippen LogP contribution in [0.2, 0.25) is 0 Å². The van der Waals surface area contributed by atoms with E-state index in [9.17, 15) is 0 Å². The minimum Gasteiger partial charge on any atom is -0.487 e. The van der Waals surface area contributed by atoms with Crippen molar-refractivity contribution < 1.29 is 9.15 Å². The van der Waals surface area contributed by atoms with Gasteiger partial charge in [0, 0.05) is 29.3 Å². The number of thiazole rings is 1. The van der Waals surface area contributed by atoms with Crippen molar-refractivity contribution in [1.82, 2.24) is 9.97 Å². The van der Waals surface area contributed by atoms with Crippen molar-refractivity contribution in [3.05, 3.63) is 64.6 Å². The number of nitrogens with zero attached hydrogens (tertiary/aromatic N) is 3. The fraction of sp³-hybridized carbons (Fsp3) is 0.304. The Kier molecular flexibility index (Phi) is 5.64. The van der Waals surface area contributed by atoms with E-state index in [1.54, 1.807) is 23.1 Å². The fourth-order valence-corrected chi connectivity index (χ4v) is 5.10. The zero-order chi connectivity index (χ0) is 20.3. The lowest BCUT2D eigenvalue weighted by molar-refractivity contribution is 0.301. The molecule has 0 saturated carbocycles. The molecular formula is C23H23N3O2S2. The summed E-state index contributed by atoms with van der Waals surface area (Å²) in [5.74, 6) is 1.37. The zero-order valence-electron chi connectivity index (χ0n) is 16.8. The van der Waals surface area contributed by atoms with Crippen molar-refractivity contribution in [3.8, 4) is 5.75 Å². The number of hydrogen-bond acceptors (Lipinski definition) is 7. The molecule has 2 aromatic heterocycles. The summed E-state index contributed by atoms with van der Waals surface area (Å²) in [6.07, 6.45) is 4.19. The summed E-state index contributed by atoms with van der Waals surface area (Å²) in [4.78, 5) is 13.0. The predicted octanol–water partition coefficient (Wildman–Crippen LogP) is 5.97. The van der Waals surface area contributed by atoms with Crippen molar-refractivity contribution in [2.24, 2.45) is 0 Å². The van der Waals surface area contributed by atoms with Crippen LogP contribution >= 0.6 is 23.1 Å². The minimum absolute atomic E-state index is 0.491. The Labute approximate surface area is 184 Å². The van der Waals surface area contributed by atoms with E-state index in [0.717, 1.165) is 54.5 Å². The molecule has 3 heterocycles. The van der Waals surface area contributed by atoms with Gasteiger partial charge in [0.15, 0.2) is 5.58 Å². The monoisotopic (exact) mass is 437 g/mol. The number of anilines is 1. The Morgan fingerprint density at radius 3 is 2.67 bits per heavy atom. The molecule has 1 fully saturated rings. The molecule has 0 atom stereocenters. The number of benzene rings is 2. The number of hydrogen-bond donors (Lipinski definition) is 0. The van der Waals surface area contributed by atoms with E-state index in [2.05, 4.69) is 33.7 Å². The van der Waals surface area contributed by atoms with Crippen molar-refractivity contribution in [2.45, 2.75) is 30.3 Å². The Hall–Kier alpha value is -2.51. The number of fused-ring (bicyclic) bond motifs is 1. The largest absolute Gasteiger partial charge is 0.487 e. The topological polar surface area (TPSA) is 51.4 Å². The van der Waals surface area contributed by atoms with Gasteiger partial charge in [-0.25, -0.2) is 4.98 Å². The number of aromatic nitrogens is 2. The highest BCUT2D eigenvalue weighted by molar-refractivity contribution is 7.98. The summed E-state index contributed by atoms with van der Waals surface area (Å²) in [5.41, 5.74) is 2.77. The van der Waals surface area contributed by atoms with Gasteiger partial charge in [0.25, 0.3) is 6.01 Å². The molecule has 1 aliphatic rings. The number of ether oxygens (including phenoxy) is 1. The van der Waals surface area contributed by atoms with Crippen molar-refractivity contribution in [1.29, 1.82) is 0 Å². The second kappa shape index (κ2) is 8.70. The van der Waals surface area contributed by atoms with Crippen molar-refractivity contribution in [3.63, 3.8) is 0 Å². The van der Waals surface area contributed by atoms with Gasteiger partial charge in [0.2, 0.25) is 0 Å². The van der Waals surface area contributed by atoms with Crippen molar-refractivity contribution in [2.75, 3.05) is 24.2 Å². The summed E-state index contributed by atoms with van der Waals surface area (Å²) >= 11 is 3.48. The Balaban J connectivity index is 1.17. The lowest BCUT2D eigenvalue weighted by atomic mass is 9.98. The molecule has 1 aliphatic heterocycles. The summed E-state index contributed by atoms with van der Waals surface area (Å²) in [6, 6.07) is 16.8. The van der Waals surface area contributed by atoms with E-state index < -0.39 is 0 Å². The maximum atomic E-state index is 5.93. The highest BCUT2D eigenvalue weighted by atomic mass is 32.2. The van der Waals surface area contributed by atoms with E-state index in [1.165, 1.54) is 9.90 Å². The molecule has 154 valence electrons. The number of thioether (sulfide) groups is 1. The number of para-hydroxylation sites is 2. The normalized spacial score (nSPS) is 15.0. The standard InChI is InChI=1S/C23H23N3O2S2/c1-29-19-8-6-18(7-9-19)27-14-17-15-30-22(24-17)16-10-12-26(13-11-16)23-25-20-4-2-3-5-21(20)28-23/h2-9,15-16H,10-14H2,1H3. The highest BCUT2D eigenvalue weighted by Gasteiger charge is 2.25. The third-order valence-corrected chi connectivity index (χ3v) is 7.21. The first-order chi connectivity index (χ1) is 14.8. The van der Waals surface area contributed by atoms with Crippen LogP contribution in [0.4, 0.5) is 6.01 Å². The van der Waals surface area contributed by atoms with E-state index >= 15 is 0 Å². The molecule has 0 N–H and O–H groups in total. The number of piperidine rings is 1. The molecule has 2 aromatic carbocycles. The summed E-state index contributed by atoms with van der Waals surface area (Å²) in [5, 5.41) is 3.34. The highest BCUT2D eigenvalue weighted by Crippen LogP contribution is 2.33. The van der Waals surface area contributed by atoms with Gasteiger partial charge < -0.3 is 14.1 Å². The lowest BCUT2D eigenvalue weighted by Crippen LogP contribution is -2.33. The van der Waals surface area contributed by atoms with Gasteiger partial charge in [0.1, 0.15) is 17.9 Å². The van der Waals surface area contributed by atoms with Crippen molar-refractivity contribution >= 4 is 40.2 Å². The van der Waals surface area contributed by atoms with E-state index in [-0.39, 0.29) is 0 Å². The first-order valence-electron chi connectivity index (χ1n) is 10.1. The van der Waals surface area contributed by atoms with Crippen LogP contribution in [0.3, 0.4) is 0 Å². The Bertz CT molecular complexity index is 1080. The Morgan fingerprint density at radius 1 is 1.10 bits per heavy atom. The molecule has 0 aliphatic carbocycles. The van der Waals surface area contributed by atoms with Gasteiger partial charge in [-0.3, -0.25) is 0 Å².